The van der Waals surface area contributed by atoms with Crippen LogP contribution in [0.3, 0.4) is 0 Å². The van der Waals surface area contributed by atoms with Gasteiger partial charge in [0.05, 0.1) is 0 Å². The van der Waals surface area contributed by atoms with Crippen molar-refractivity contribution < 1.29 is 30.0 Å². The number of aliphatic hydroxyl groups is 3. The number of nitrogens with zero attached hydrogens (tertiary/aromatic N) is 1. The van der Waals surface area contributed by atoms with Crippen molar-refractivity contribution in [3.63, 3.8) is 0 Å². The summed E-state index contributed by atoms with van der Waals surface area (Å²) in [6, 6.07) is 0. The molecule has 128 valence electrons. The first-order chi connectivity index (χ1) is 10.8. The summed E-state index contributed by atoms with van der Waals surface area (Å²) in [6.45, 7) is -0.537. The molecule has 10 nitrogen and oxygen atoms in total. The van der Waals surface area contributed by atoms with E-state index in [9.17, 15) is 24.6 Å². The van der Waals surface area contributed by atoms with Crippen molar-refractivity contribution in [2.75, 3.05) is 6.61 Å². The van der Waals surface area contributed by atoms with Crippen LogP contribution >= 0.6 is 0 Å². The summed E-state index contributed by atoms with van der Waals surface area (Å²) in [6.07, 6.45) is -3.90. The molecule has 2 heterocycles. The number of aliphatic hydroxyl groups excluding tert-OH is 3. The Morgan fingerprint density at radius 3 is 2.61 bits per heavy atom. The fraction of sp³-hybridized carbons (Fsp3) is 0.583. The second-order valence-corrected chi connectivity index (χ2v) is 7.58. The quantitative estimate of drug-likeness (QED) is 0.313. The minimum absolute atomic E-state index is 0.00752. The Morgan fingerprint density at radius 1 is 1.35 bits per heavy atom. The molecule has 5 atom stereocenters. The van der Waals surface area contributed by atoms with E-state index in [2.05, 4.69) is 4.98 Å². The molecule has 1 aliphatic heterocycles. The number of carboxylic acids is 1. The first-order valence-corrected chi connectivity index (χ1v) is 9.71. The molecule has 5 N–H and O–H groups in total. The number of aromatic nitrogens is 2. The van der Waals surface area contributed by atoms with Gasteiger partial charge in [0.25, 0.3) is 0 Å². The molecular weight excluding hydrogens is 375 g/mol. The number of carboxylic acid groups (broad SMARTS) is 1. The zero-order valence-electron chi connectivity index (χ0n) is 11.9. The molecule has 0 spiro atoms. The van der Waals surface area contributed by atoms with Crippen molar-refractivity contribution in [2.45, 2.75) is 35.0 Å². The summed E-state index contributed by atoms with van der Waals surface area (Å²) >= 11 is -0.944. The molecule has 1 aromatic heterocycles. The number of ether oxygens (including phenoxy) is 1. The first kappa shape index (κ1) is 17.9. The van der Waals surface area contributed by atoms with Gasteiger partial charge in [0.2, 0.25) is 0 Å². The zero-order chi connectivity index (χ0) is 17.1. The van der Waals surface area contributed by atoms with E-state index < -0.39 is 64.1 Å². The van der Waals surface area contributed by atoms with Gasteiger partial charge >= 0.3 is 135 Å². The third-order valence-electron chi connectivity index (χ3n) is 3.42. The summed E-state index contributed by atoms with van der Waals surface area (Å²) in [7, 11) is 0. The Balaban J connectivity index is 2.27. The molecule has 1 aliphatic rings. The van der Waals surface area contributed by atoms with Gasteiger partial charge < -0.3 is 0 Å². The van der Waals surface area contributed by atoms with E-state index >= 15 is 0 Å². The van der Waals surface area contributed by atoms with Gasteiger partial charge in [0.1, 0.15) is 0 Å². The summed E-state index contributed by atoms with van der Waals surface area (Å²) < 4.78 is 6.18. The van der Waals surface area contributed by atoms with E-state index in [1.165, 1.54) is 6.20 Å². The number of H-pyrrole nitrogens is 1. The molecule has 0 aromatic carbocycles. The summed E-state index contributed by atoms with van der Waals surface area (Å²) in [5, 5.41) is 37.6. The van der Waals surface area contributed by atoms with Gasteiger partial charge in [-0.15, -0.1) is 0 Å². The zero-order valence-corrected chi connectivity index (χ0v) is 14.0. The predicted octanol–water partition coefficient (Wildman–Crippen LogP) is -3.41. The first-order valence-electron chi connectivity index (χ1n) is 6.74. The molecule has 0 aliphatic carbocycles. The molecule has 0 bridgehead atoms. The number of rotatable bonds is 6. The number of hydrogen-bond acceptors (Lipinski definition) is 7. The second kappa shape index (κ2) is 7.41. The Labute approximate surface area is 136 Å². The third kappa shape index (κ3) is 3.91. The molecule has 11 heteroatoms. The molecule has 1 aromatic rings. The normalized spacial score (nSPS) is 27.8. The van der Waals surface area contributed by atoms with Gasteiger partial charge in [-0.2, -0.15) is 0 Å². The Morgan fingerprint density at radius 2 is 2.04 bits per heavy atom. The van der Waals surface area contributed by atoms with Crippen LogP contribution in [0.2, 0.25) is 5.21 Å². The monoisotopic (exact) mass is 392 g/mol. The van der Waals surface area contributed by atoms with E-state index in [1.807, 2.05) is 0 Å². The van der Waals surface area contributed by atoms with Crippen molar-refractivity contribution >= 4 is 21.7 Å². The van der Waals surface area contributed by atoms with Crippen LogP contribution in [0.15, 0.2) is 15.8 Å². The van der Waals surface area contributed by atoms with Crippen LogP contribution in [0, 0.1) is 0 Å². The van der Waals surface area contributed by atoms with Gasteiger partial charge in [0, 0.05) is 0 Å². The van der Waals surface area contributed by atoms with Crippen LogP contribution < -0.4 is 11.2 Å². The van der Waals surface area contributed by atoms with Crippen molar-refractivity contribution in [1.29, 1.82) is 0 Å². The minimum atomic E-state index is -1.45. The van der Waals surface area contributed by atoms with E-state index in [-0.39, 0.29) is 16.0 Å². The Bertz CT molecular complexity index is 686. The Hall–Kier alpha value is -1.45. The fourth-order valence-corrected chi connectivity index (χ4v) is 4.06. The third-order valence-corrected chi connectivity index (χ3v) is 5.91. The standard InChI is InChI=1S/C12H17AsN2O8/c16-4-6-8(19)9(20)11(23-6)15-3-5(1-13-2-7(17)18)10(21)14-12(15)22/h3,6,8-9,11,13,16,19-20H,1-2,4H2,(H,17,18)(H,14,21,22)/t6-,8?,9?,11-/m0/s1. The predicted molar refractivity (Wildman–Crippen MR) is 77.6 cm³/mol. The Kier molecular flexibility index (Phi) is 5.77. The van der Waals surface area contributed by atoms with Gasteiger partial charge in [-0.25, -0.2) is 0 Å². The second-order valence-electron chi connectivity index (χ2n) is 5.05. The number of hydrogen-bond donors (Lipinski definition) is 5. The van der Waals surface area contributed by atoms with Crippen molar-refractivity contribution in [3.05, 3.63) is 32.6 Å². The van der Waals surface area contributed by atoms with E-state index in [0.29, 0.717) is 0 Å². The van der Waals surface area contributed by atoms with Gasteiger partial charge in [0.15, 0.2) is 0 Å². The maximum atomic E-state index is 11.9. The number of aromatic amines is 1. The van der Waals surface area contributed by atoms with Crippen LogP contribution in [0.25, 0.3) is 0 Å². The molecule has 2 rings (SSSR count). The van der Waals surface area contributed by atoms with Gasteiger partial charge in [-0.3, -0.25) is 0 Å². The topological polar surface area (TPSA) is 162 Å². The summed E-state index contributed by atoms with van der Waals surface area (Å²) in [4.78, 5) is 36.3. The molecule has 0 radical (unpaired) electrons. The number of nitrogens with one attached hydrogen (secondary N) is 1. The van der Waals surface area contributed by atoms with Crippen molar-refractivity contribution in [1.82, 2.24) is 9.55 Å². The van der Waals surface area contributed by atoms with Crippen molar-refractivity contribution in [2.24, 2.45) is 0 Å². The summed E-state index contributed by atoms with van der Waals surface area (Å²) in [5.74, 6) is -0.946. The maximum absolute atomic E-state index is 11.9. The average molecular weight is 392 g/mol. The fourth-order valence-electron chi connectivity index (χ4n) is 2.26. The van der Waals surface area contributed by atoms with E-state index in [4.69, 9.17) is 14.9 Å². The van der Waals surface area contributed by atoms with Crippen LogP contribution in [0.4, 0.5) is 0 Å². The summed E-state index contributed by atoms with van der Waals surface area (Å²) in [5.41, 5.74) is -1.23. The van der Waals surface area contributed by atoms with Crippen molar-refractivity contribution in [3.8, 4) is 0 Å². The van der Waals surface area contributed by atoms with Gasteiger partial charge in [-0.1, -0.05) is 0 Å². The molecule has 3 unspecified atom stereocenters. The van der Waals surface area contributed by atoms with Crippen LogP contribution in [-0.4, -0.2) is 76.6 Å². The molecule has 23 heavy (non-hydrogen) atoms. The van der Waals surface area contributed by atoms with E-state index in [1.54, 1.807) is 0 Å². The SMILES string of the molecule is O=C(O)C[AsH]Cc1cn([C@H]2O[C@@H](CO)C(O)C2O)c(=O)[nH]c1=O. The van der Waals surface area contributed by atoms with Gasteiger partial charge in [-0.05, 0) is 0 Å². The molecule has 1 saturated heterocycles. The average Bonchev–Trinajstić information content (AvgIpc) is 2.77. The van der Waals surface area contributed by atoms with Crippen LogP contribution in [-0.2, 0) is 14.7 Å². The van der Waals surface area contributed by atoms with Crippen LogP contribution in [0.5, 0.6) is 0 Å². The number of aliphatic carboxylic acids is 1. The number of carbonyl (C=O) groups is 1. The van der Waals surface area contributed by atoms with Crippen LogP contribution in [0.1, 0.15) is 11.8 Å². The molecule has 1 fully saturated rings. The molecule has 0 saturated carbocycles. The molecule has 0 amide bonds. The van der Waals surface area contributed by atoms with E-state index in [0.717, 1.165) is 4.57 Å². The molecular formula is C12H17AsN2O8.